The van der Waals surface area contributed by atoms with Crippen molar-refractivity contribution in [3.05, 3.63) is 11.6 Å². The van der Waals surface area contributed by atoms with Crippen molar-refractivity contribution in [2.75, 3.05) is 26.2 Å². The monoisotopic (exact) mass is 472 g/mol. The number of hydrogen-bond acceptors (Lipinski definition) is 5. The van der Waals surface area contributed by atoms with Crippen molar-refractivity contribution in [2.45, 2.75) is 104 Å². The molecule has 5 aliphatic rings. The molecule has 5 rings (SSSR count). The molecule has 0 radical (unpaired) electrons. The molecule has 0 amide bonds. The Morgan fingerprint density at radius 2 is 1.91 bits per heavy atom. The summed E-state index contributed by atoms with van der Waals surface area (Å²) in [5.41, 5.74) is 3.30. The van der Waals surface area contributed by atoms with Gasteiger partial charge in [0.05, 0.1) is 11.8 Å². The van der Waals surface area contributed by atoms with E-state index in [2.05, 4.69) is 36.9 Å². The Hall–Kier alpha value is -0.910. The third-order valence-corrected chi connectivity index (χ3v) is 11.0. The summed E-state index contributed by atoms with van der Waals surface area (Å²) in [4.78, 5) is 8.07. The van der Waals surface area contributed by atoms with Gasteiger partial charge in [0, 0.05) is 12.5 Å². The molecule has 8 unspecified atom stereocenters. The van der Waals surface area contributed by atoms with E-state index in [0.29, 0.717) is 29.9 Å². The van der Waals surface area contributed by atoms with E-state index >= 15 is 0 Å². The van der Waals surface area contributed by atoms with Crippen LogP contribution in [0.3, 0.4) is 0 Å². The Bertz CT molecular complexity index is 790. The molecule has 4 fully saturated rings. The Morgan fingerprint density at radius 3 is 2.71 bits per heavy atom. The molecule has 0 spiro atoms. The van der Waals surface area contributed by atoms with Gasteiger partial charge in [0.15, 0.2) is 0 Å². The average Bonchev–Trinajstić information content (AvgIpc) is 3.17. The van der Waals surface area contributed by atoms with Crippen LogP contribution in [0.1, 0.15) is 91.4 Å². The summed E-state index contributed by atoms with van der Waals surface area (Å²) in [6.45, 7) is 10.4. The van der Waals surface area contributed by atoms with E-state index in [0.717, 1.165) is 55.8 Å². The van der Waals surface area contributed by atoms with Crippen LogP contribution in [0.25, 0.3) is 0 Å². The Kier molecular flexibility index (Phi) is 7.18. The van der Waals surface area contributed by atoms with Crippen LogP contribution in [0.5, 0.6) is 0 Å². The first-order valence-electron chi connectivity index (χ1n) is 14.3. The van der Waals surface area contributed by atoms with Gasteiger partial charge in [-0.05, 0) is 113 Å². The number of nitrogens with zero attached hydrogens (tertiary/aromatic N) is 2. The van der Waals surface area contributed by atoms with Crippen LogP contribution in [0.2, 0.25) is 0 Å². The van der Waals surface area contributed by atoms with Gasteiger partial charge in [-0.3, -0.25) is 0 Å². The molecule has 0 aromatic heterocycles. The fraction of sp³-hybridized carbons (Fsp3) is 0.897. The van der Waals surface area contributed by atoms with E-state index in [9.17, 15) is 10.2 Å². The third-order valence-electron chi connectivity index (χ3n) is 11.0. The number of β-amino-alcohol motifs (C(OH)–C–C–N with tert-alkyl or cyclic N) is 1. The zero-order chi connectivity index (χ0) is 23.9. The topological polar surface area (TPSA) is 65.3 Å². The highest BCUT2D eigenvalue weighted by atomic mass is 16.6. The van der Waals surface area contributed by atoms with E-state index in [4.69, 9.17) is 4.84 Å². The summed E-state index contributed by atoms with van der Waals surface area (Å²) in [6.07, 6.45) is 15.1. The van der Waals surface area contributed by atoms with Crippen LogP contribution in [0, 0.1) is 34.5 Å². The predicted molar refractivity (Wildman–Crippen MR) is 137 cm³/mol. The maximum Gasteiger partial charge on any atom is 0.144 e. The quantitative estimate of drug-likeness (QED) is 0.318. The number of aliphatic hydroxyl groups excluding tert-OH is 2. The third kappa shape index (κ3) is 4.50. The number of fused-ring (bicyclic) bond motifs is 5. The summed E-state index contributed by atoms with van der Waals surface area (Å²) < 4.78 is 0. The van der Waals surface area contributed by atoms with Gasteiger partial charge in [0.25, 0.3) is 0 Å². The first-order chi connectivity index (χ1) is 16.3. The van der Waals surface area contributed by atoms with Crippen molar-refractivity contribution in [3.63, 3.8) is 0 Å². The molecule has 1 heterocycles. The predicted octanol–water partition coefficient (Wildman–Crippen LogP) is 5.17. The highest BCUT2D eigenvalue weighted by Crippen LogP contribution is 2.66. The van der Waals surface area contributed by atoms with E-state index in [1.54, 1.807) is 5.57 Å². The molecule has 34 heavy (non-hydrogen) atoms. The van der Waals surface area contributed by atoms with Gasteiger partial charge in [0.1, 0.15) is 12.7 Å². The molecule has 8 atom stereocenters. The van der Waals surface area contributed by atoms with Gasteiger partial charge in [-0.15, -0.1) is 0 Å². The Labute approximate surface area is 207 Å². The summed E-state index contributed by atoms with van der Waals surface area (Å²) >= 11 is 0. The van der Waals surface area contributed by atoms with Gasteiger partial charge in [-0.1, -0.05) is 37.1 Å². The molecule has 3 saturated carbocycles. The van der Waals surface area contributed by atoms with E-state index < -0.39 is 6.10 Å². The van der Waals surface area contributed by atoms with Gasteiger partial charge in [0.2, 0.25) is 0 Å². The van der Waals surface area contributed by atoms with Gasteiger partial charge in [-0.2, -0.15) is 0 Å². The standard InChI is InChI=1S/C29H48N2O3/c1-20(30-34-19-23(33)18-31-15-5-4-6-16-31)25-9-10-26-24-8-7-21-17-22(32)11-13-28(21,2)27(24)12-14-29(25,26)3/h7,22-27,32-33H,4-6,8-19H2,1-3H3/b30-20-. The lowest BCUT2D eigenvalue weighted by Gasteiger charge is -2.58. The molecule has 4 aliphatic carbocycles. The zero-order valence-electron chi connectivity index (χ0n) is 21.8. The number of likely N-dealkylation sites (tertiary alicyclic amines) is 1. The number of oxime groups is 1. The lowest BCUT2D eigenvalue weighted by atomic mass is 9.47. The molecular formula is C29H48N2O3. The number of allylic oxidation sites excluding steroid dienone is 1. The number of aliphatic hydroxyl groups is 2. The van der Waals surface area contributed by atoms with E-state index in [1.807, 2.05) is 0 Å². The normalized spacial score (nSPS) is 44.0. The molecule has 192 valence electrons. The van der Waals surface area contributed by atoms with Crippen molar-refractivity contribution in [1.29, 1.82) is 0 Å². The van der Waals surface area contributed by atoms with Crippen molar-refractivity contribution in [1.82, 2.24) is 4.90 Å². The van der Waals surface area contributed by atoms with Crippen LogP contribution in [-0.4, -0.2) is 59.3 Å². The minimum absolute atomic E-state index is 0.127. The maximum atomic E-state index is 10.4. The van der Waals surface area contributed by atoms with Crippen molar-refractivity contribution < 1.29 is 15.1 Å². The second-order valence-electron chi connectivity index (χ2n) is 12.9. The fourth-order valence-corrected chi connectivity index (χ4v) is 9.11. The van der Waals surface area contributed by atoms with Crippen LogP contribution in [0.4, 0.5) is 0 Å². The van der Waals surface area contributed by atoms with Crippen molar-refractivity contribution >= 4 is 5.71 Å². The van der Waals surface area contributed by atoms with Crippen molar-refractivity contribution in [3.8, 4) is 0 Å². The minimum Gasteiger partial charge on any atom is -0.393 e. The Balaban J connectivity index is 1.21. The molecule has 0 aromatic carbocycles. The van der Waals surface area contributed by atoms with Gasteiger partial charge >= 0.3 is 0 Å². The zero-order valence-corrected chi connectivity index (χ0v) is 21.8. The molecule has 1 saturated heterocycles. The average molecular weight is 473 g/mol. The highest BCUT2D eigenvalue weighted by molar-refractivity contribution is 5.85. The van der Waals surface area contributed by atoms with E-state index in [1.165, 1.54) is 51.4 Å². The maximum absolute atomic E-state index is 10.4. The molecule has 2 N–H and O–H groups in total. The first kappa shape index (κ1) is 24.8. The molecular weight excluding hydrogens is 424 g/mol. The van der Waals surface area contributed by atoms with Crippen LogP contribution in [0.15, 0.2) is 16.8 Å². The SMILES string of the molecule is C/C(=N/OCC(O)CN1CCCCC1)C1CCC2C3CC=C4CC(O)CCC4(C)C3CCC12C. The summed E-state index contributed by atoms with van der Waals surface area (Å²) in [7, 11) is 0. The van der Waals surface area contributed by atoms with Crippen LogP contribution in [-0.2, 0) is 4.84 Å². The molecule has 1 aliphatic heterocycles. The fourth-order valence-electron chi connectivity index (χ4n) is 9.11. The molecule has 0 bridgehead atoms. The van der Waals surface area contributed by atoms with Gasteiger partial charge < -0.3 is 20.0 Å². The smallest absolute Gasteiger partial charge is 0.144 e. The Morgan fingerprint density at radius 1 is 1.12 bits per heavy atom. The van der Waals surface area contributed by atoms with Crippen molar-refractivity contribution in [2.24, 2.45) is 39.7 Å². The molecule has 5 nitrogen and oxygen atoms in total. The number of piperidine rings is 1. The largest absolute Gasteiger partial charge is 0.393 e. The lowest BCUT2D eigenvalue weighted by Crippen LogP contribution is -2.50. The second kappa shape index (κ2) is 9.86. The molecule has 0 aromatic rings. The summed E-state index contributed by atoms with van der Waals surface area (Å²) in [5, 5.41) is 25.2. The van der Waals surface area contributed by atoms with Gasteiger partial charge in [-0.25, -0.2) is 0 Å². The van der Waals surface area contributed by atoms with Crippen LogP contribution >= 0.6 is 0 Å². The second-order valence-corrected chi connectivity index (χ2v) is 12.9. The number of hydrogen-bond donors (Lipinski definition) is 2. The highest BCUT2D eigenvalue weighted by Gasteiger charge is 2.59. The first-order valence-corrected chi connectivity index (χ1v) is 14.3. The molecule has 5 heteroatoms. The van der Waals surface area contributed by atoms with Crippen LogP contribution < -0.4 is 0 Å². The summed E-state index contributed by atoms with van der Waals surface area (Å²) in [6, 6.07) is 0. The summed E-state index contributed by atoms with van der Waals surface area (Å²) in [5.74, 6) is 2.79. The number of rotatable bonds is 6. The lowest BCUT2D eigenvalue weighted by molar-refractivity contribution is -0.0429. The van der Waals surface area contributed by atoms with E-state index in [-0.39, 0.29) is 6.10 Å². The minimum atomic E-state index is -0.463.